The average Bonchev–Trinajstić information content (AvgIpc) is 2.20. The van der Waals surface area contributed by atoms with E-state index in [4.69, 9.17) is 4.74 Å². The third-order valence-corrected chi connectivity index (χ3v) is 2.60. The molecular weight excluding hydrogens is 229 g/mol. The van der Waals surface area contributed by atoms with Crippen molar-refractivity contribution >= 4 is 0 Å². The van der Waals surface area contributed by atoms with Gasteiger partial charge in [0.1, 0.15) is 0 Å². The van der Waals surface area contributed by atoms with Crippen molar-refractivity contribution in [2.45, 2.75) is 46.2 Å². The molecule has 100 valence electrons. The van der Waals surface area contributed by atoms with Gasteiger partial charge in [-0.15, -0.1) is 0 Å². The molecule has 0 atom stereocenters. The van der Waals surface area contributed by atoms with Gasteiger partial charge >= 0.3 is 6.18 Å². The molecule has 0 amide bonds. The first-order valence-corrected chi connectivity index (χ1v) is 5.74. The Bertz CT molecular complexity index is 288. The number of methoxy groups -OCH3 is 1. The third-order valence-electron chi connectivity index (χ3n) is 2.60. The lowest BCUT2D eigenvalue weighted by molar-refractivity contribution is -0.0955. The van der Waals surface area contributed by atoms with Crippen LogP contribution >= 0.6 is 0 Å². The van der Waals surface area contributed by atoms with Crippen molar-refractivity contribution in [2.24, 2.45) is 5.92 Å². The van der Waals surface area contributed by atoms with Gasteiger partial charge in [0.2, 0.25) is 0 Å². The second kappa shape index (κ2) is 6.72. The molecule has 0 heterocycles. The van der Waals surface area contributed by atoms with Crippen molar-refractivity contribution in [3.63, 3.8) is 0 Å². The van der Waals surface area contributed by atoms with E-state index in [2.05, 4.69) is 6.58 Å². The minimum atomic E-state index is -4.26. The van der Waals surface area contributed by atoms with Crippen LogP contribution in [-0.2, 0) is 4.74 Å². The summed E-state index contributed by atoms with van der Waals surface area (Å²) in [6.07, 6.45) is -3.58. The van der Waals surface area contributed by atoms with Gasteiger partial charge in [-0.2, -0.15) is 13.2 Å². The van der Waals surface area contributed by atoms with Gasteiger partial charge in [-0.3, -0.25) is 0 Å². The molecule has 0 spiro atoms. The fourth-order valence-electron chi connectivity index (χ4n) is 1.68. The number of allylic oxidation sites excluding steroid dienone is 2. The predicted molar refractivity (Wildman–Crippen MR) is 63.6 cm³/mol. The van der Waals surface area contributed by atoms with Crippen LogP contribution in [-0.4, -0.2) is 13.3 Å². The lowest BCUT2D eigenvalue weighted by Crippen LogP contribution is -2.17. The van der Waals surface area contributed by atoms with Crippen LogP contribution in [0.3, 0.4) is 0 Å². The van der Waals surface area contributed by atoms with E-state index in [1.165, 1.54) is 7.11 Å². The minimum absolute atomic E-state index is 0.0496. The molecule has 4 heteroatoms. The van der Waals surface area contributed by atoms with E-state index >= 15 is 0 Å². The summed E-state index contributed by atoms with van der Waals surface area (Å²) in [6.45, 7) is 8.87. The highest BCUT2D eigenvalue weighted by molar-refractivity contribution is 5.24. The molecule has 17 heavy (non-hydrogen) atoms. The molecule has 0 aliphatic heterocycles. The summed E-state index contributed by atoms with van der Waals surface area (Å²) in [6, 6.07) is 0. The maximum Gasteiger partial charge on any atom is 0.412 e. The monoisotopic (exact) mass is 250 g/mol. The summed E-state index contributed by atoms with van der Waals surface area (Å²) in [5.74, 6) is 0.205. The standard InChI is InChI=1S/C13H21F3O/c1-6-7-12(13(14,15)16)11(9(2)3)8-10(4)17-5/h9H,4,6-8H2,1-3,5H3/b12-11-. The SMILES string of the molecule is C=C(C/C(=C(\CCC)C(F)(F)F)C(C)C)OC. The van der Waals surface area contributed by atoms with Gasteiger partial charge < -0.3 is 4.74 Å². The highest BCUT2D eigenvalue weighted by Crippen LogP contribution is 2.36. The highest BCUT2D eigenvalue weighted by atomic mass is 19.4. The van der Waals surface area contributed by atoms with Crippen LogP contribution in [0.5, 0.6) is 0 Å². The van der Waals surface area contributed by atoms with Crippen LogP contribution in [0.2, 0.25) is 0 Å². The Balaban J connectivity index is 5.35. The van der Waals surface area contributed by atoms with Gasteiger partial charge in [0.05, 0.1) is 12.9 Å². The Labute approximate surface area is 101 Å². The molecule has 0 radical (unpaired) electrons. The minimum Gasteiger partial charge on any atom is -0.501 e. The topological polar surface area (TPSA) is 9.23 Å². The van der Waals surface area contributed by atoms with Crippen LogP contribution < -0.4 is 0 Å². The third kappa shape index (κ3) is 5.29. The smallest absolute Gasteiger partial charge is 0.412 e. The average molecular weight is 250 g/mol. The Kier molecular flexibility index (Phi) is 6.35. The van der Waals surface area contributed by atoms with Gasteiger partial charge in [-0.1, -0.05) is 39.3 Å². The second-order valence-corrected chi connectivity index (χ2v) is 4.33. The first-order chi connectivity index (χ1) is 7.73. The van der Waals surface area contributed by atoms with E-state index in [0.717, 1.165) is 0 Å². The number of ether oxygens (including phenoxy) is 1. The number of halogens is 3. The van der Waals surface area contributed by atoms with Crippen molar-refractivity contribution in [1.29, 1.82) is 0 Å². The van der Waals surface area contributed by atoms with E-state index in [1.54, 1.807) is 20.8 Å². The Morgan fingerprint density at radius 3 is 2.12 bits per heavy atom. The fourth-order valence-corrected chi connectivity index (χ4v) is 1.68. The summed E-state index contributed by atoms with van der Waals surface area (Å²) in [4.78, 5) is 0. The van der Waals surface area contributed by atoms with Gasteiger partial charge in [0.25, 0.3) is 0 Å². The Morgan fingerprint density at radius 1 is 1.29 bits per heavy atom. The van der Waals surface area contributed by atoms with E-state index in [0.29, 0.717) is 17.8 Å². The number of rotatable bonds is 6. The molecule has 0 fully saturated rings. The maximum absolute atomic E-state index is 12.9. The van der Waals surface area contributed by atoms with Crippen molar-refractivity contribution in [3.05, 3.63) is 23.5 Å². The quantitative estimate of drug-likeness (QED) is 0.483. The molecular formula is C13H21F3O. The Morgan fingerprint density at radius 2 is 1.82 bits per heavy atom. The number of alkyl halides is 3. The maximum atomic E-state index is 12.9. The van der Waals surface area contributed by atoms with E-state index in [1.807, 2.05) is 0 Å². The fraction of sp³-hybridized carbons (Fsp3) is 0.692. The van der Waals surface area contributed by atoms with E-state index in [9.17, 15) is 13.2 Å². The molecule has 0 N–H and O–H groups in total. The molecule has 1 nitrogen and oxygen atoms in total. The zero-order valence-electron chi connectivity index (χ0n) is 10.9. The van der Waals surface area contributed by atoms with Crippen molar-refractivity contribution in [3.8, 4) is 0 Å². The summed E-state index contributed by atoms with van der Waals surface area (Å²) in [5.41, 5.74) is -0.0422. The zero-order valence-corrected chi connectivity index (χ0v) is 10.9. The summed E-state index contributed by atoms with van der Waals surface area (Å²) in [5, 5.41) is 0. The molecule has 0 bridgehead atoms. The summed E-state index contributed by atoms with van der Waals surface area (Å²) in [7, 11) is 1.42. The number of hydrogen-bond acceptors (Lipinski definition) is 1. The van der Waals surface area contributed by atoms with Gasteiger partial charge in [-0.05, 0) is 12.3 Å². The van der Waals surface area contributed by atoms with Crippen LogP contribution in [0.15, 0.2) is 23.5 Å². The molecule has 0 unspecified atom stereocenters. The van der Waals surface area contributed by atoms with Crippen molar-refractivity contribution < 1.29 is 17.9 Å². The molecule has 0 aliphatic carbocycles. The van der Waals surface area contributed by atoms with Crippen LogP contribution in [0.4, 0.5) is 13.2 Å². The van der Waals surface area contributed by atoms with Crippen LogP contribution in [0, 0.1) is 5.92 Å². The molecule has 0 saturated carbocycles. The van der Waals surface area contributed by atoms with E-state index in [-0.39, 0.29) is 18.8 Å². The van der Waals surface area contributed by atoms with Gasteiger partial charge in [0.15, 0.2) is 0 Å². The molecule has 0 aromatic rings. The van der Waals surface area contributed by atoms with Crippen LogP contribution in [0.1, 0.15) is 40.0 Å². The molecule has 0 rings (SSSR count). The van der Waals surface area contributed by atoms with Crippen molar-refractivity contribution in [2.75, 3.05) is 7.11 Å². The predicted octanol–water partition coefficient (Wildman–Crippen LogP) is 4.85. The van der Waals surface area contributed by atoms with Crippen molar-refractivity contribution in [1.82, 2.24) is 0 Å². The highest BCUT2D eigenvalue weighted by Gasteiger charge is 2.35. The molecule has 0 aliphatic rings. The van der Waals surface area contributed by atoms with Gasteiger partial charge in [0, 0.05) is 12.0 Å². The lowest BCUT2D eigenvalue weighted by Gasteiger charge is -2.21. The normalized spacial score (nSPS) is 13.6. The first-order valence-electron chi connectivity index (χ1n) is 5.74. The Hall–Kier alpha value is -0.930. The largest absolute Gasteiger partial charge is 0.501 e. The number of hydrogen-bond donors (Lipinski definition) is 0. The lowest BCUT2D eigenvalue weighted by atomic mass is 9.91. The van der Waals surface area contributed by atoms with E-state index < -0.39 is 11.7 Å². The summed E-state index contributed by atoms with van der Waals surface area (Å²) < 4.78 is 43.7. The first kappa shape index (κ1) is 16.1. The molecule has 0 aromatic heterocycles. The van der Waals surface area contributed by atoms with Crippen LogP contribution in [0.25, 0.3) is 0 Å². The summed E-state index contributed by atoms with van der Waals surface area (Å²) >= 11 is 0. The zero-order chi connectivity index (χ0) is 13.6. The molecule has 0 aromatic carbocycles. The van der Waals surface area contributed by atoms with Gasteiger partial charge in [-0.25, -0.2) is 0 Å². The second-order valence-electron chi connectivity index (χ2n) is 4.33. The molecule has 0 saturated heterocycles.